The molecule has 1 aliphatic rings. The molecule has 0 unspecified atom stereocenters. The summed E-state index contributed by atoms with van der Waals surface area (Å²) in [6, 6.07) is 5.63. The third-order valence-corrected chi connectivity index (χ3v) is 3.83. The normalized spacial score (nSPS) is 20.8. The van der Waals surface area contributed by atoms with Gasteiger partial charge in [-0.05, 0) is 43.0 Å². The Balaban J connectivity index is 1.82. The number of amides is 2. The first-order valence-electron chi connectivity index (χ1n) is 6.31. The lowest BCUT2D eigenvalue weighted by molar-refractivity contribution is -0.125. The molecule has 1 aromatic rings. The van der Waals surface area contributed by atoms with E-state index in [1.807, 2.05) is 32.0 Å². The molecule has 0 aromatic heterocycles. The standard InChI is InChI=1S/C14H17BrN2O2/c1-8-6-11(8)14(19)16-7-13(18)17-12-4-3-10(15)5-9(12)2/h3-5,8,11H,6-7H2,1-2H3,(H,16,19)(H,17,18)/t8-,11+/m1/s1. The average molecular weight is 325 g/mol. The monoisotopic (exact) mass is 324 g/mol. The number of halogens is 1. The van der Waals surface area contributed by atoms with Gasteiger partial charge in [-0.2, -0.15) is 0 Å². The van der Waals surface area contributed by atoms with Gasteiger partial charge in [-0.25, -0.2) is 0 Å². The zero-order valence-corrected chi connectivity index (χ0v) is 12.6. The Bertz CT molecular complexity index is 516. The van der Waals surface area contributed by atoms with Crippen LogP contribution in [0.1, 0.15) is 18.9 Å². The largest absolute Gasteiger partial charge is 0.347 e. The van der Waals surface area contributed by atoms with Gasteiger partial charge in [0, 0.05) is 16.1 Å². The minimum absolute atomic E-state index is 0.0184. The molecule has 2 N–H and O–H groups in total. The van der Waals surface area contributed by atoms with E-state index in [0.717, 1.165) is 22.1 Å². The van der Waals surface area contributed by atoms with E-state index in [1.54, 1.807) is 0 Å². The molecule has 0 spiro atoms. The maximum Gasteiger partial charge on any atom is 0.243 e. The molecule has 19 heavy (non-hydrogen) atoms. The SMILES string of the molecule is Cc1cc(Br)ccc1NC(=O)CNC(=O)[C@H]1C[C@H]1C. The molecule has 2 atom stereocenters. The first kappa shape index (κ1) is 14.1. The molecule has 1 saturated carbocycles. The fourth-order valence-corrected chi connectivity index (χ4v) is 2.42. The van der Waals surface area contributed by atoms with E-state index in [0.29, 0.717) is 5.92 Å². The second-order valence-electron chi connectivity index (χ2n) is 5.04. The number of hydrogen-bond donors (Lipinski definition) is 2. The van der Waals surface area contributed by atoms with Crippen LogP contribution in [0.15, 0.2) is 22.7 Å². The van der Waals surface area contributed by atoms with Crippen LogP contribution in [0, 0.1) is 18.8 Å². The van der Waals surface area contributed by atoms with Crippen molar-refractivity contribution in [2.75, 3.05) is 11.9 Å². The van der Waals surface area contributed by atoms with E-state index in [1.165, 1.54) is 0 Å². The van der Waals surface area contributed by atoms with Crippen LogP contribution in [0.25, 0.3) is 0 Å². The van der Waals surface area contributed by atoms with E-state index in [9.17, 15) is 9.59 Å². The van der Waals surface area contributed by atoms with Crippen LogP contribution in [0.4, 0.5) is 5.69 Å². The van der Waals surface area contributed by atoms with Crippen molar-refractivity contribution in [3.8, 4) is 0 Å². The van der Waals surface area contributed by atoms with Gasteiger partial charge < -0.3 is 10.6 Å². The number of carbonyl (C=O) groups is 2. The zero-order chi connectivity index (χ0) is 14.0. The summed E-state index contributed by atoms with van der Waals surface area (Å²) < 4.78 is 0.971. The van der Waals surface area contributed by atoms with Gasteiger partial charge in [0.1, 0.15) is 0 Å². The Hall–Kier alpha value is -1.36. The average Bonchev–Trinajstić information content (AvgIpc) is 3.07. The quantitative estimate of drug-likeness (QED) is 0.893. The molecular formula is C14H17BrN2O2. The third-order valence-electron chi connectivity index (χ3n) is 3.33. The molecule has 0 aliphatic heterocycles. The van der Waals surface area contributed by atoms with E-state index < -0.39 is 0 Å². The van der Waals surface area contributed by atoms with Crippen molar-refractivity contribution in [2.24, 2.45) is 11.8 Å². The van der Waals surface area contributed by atoms with Crippen LogP contribution in [-0.4, -0.2) is 18.4 Å². The number of benzene rings is 1. The molecule has 0 saturated heterocycles. The molecule has 4 nitrogen and oxygen atoms in total. The predicted octanol–water partition coefficient (Wildman–Crippen LogP) is 2.47. The number of rotatable bonds is 4. The molecule has 2 amide bonds. The van der Waals surface area contributed by atoms with Crippen molar-refractivity contribution >= 4 is 33.4 Å². The number of aryl methyl sites for hydroxylation is 1. The maximum absolute atomic E-state index is 11.7. The highest BCUT2D eigenvalue weighted by atomic mass is 79.9. The van der Waals surface area contributed by atoms with Crippen molar-refractivity contribution < 1.29 is 9.59 Å². The molecule has 1 fully saturated rings. The summed E-state index contributed by atoms with van der Waals surface area (Å²) in [7, 11) is 0. The fourth-order valence-electron chi connectivity index (χ4n) is 1.95. The van der Waals surface area contributed by atoms with Crippen LogP contribution in [0.5, 0.6) is 0 Å². The third kappa shape index (κ3) is 3.80. The molecule has 0 heterocycles. The van der Waals surface area contributed by atoms with E-state index in [4.69, 9.17) is 0 Å². The smallest absolute Gasteiger partial charge is 0.243 e. The minimum atomic E-state index is -0.202. The van der Waals surface area contributed by atoms with Crippen molar-refractivity contribution in [3.63, 3.8) is 0 Å². The summed E-state index contributed by atoms with van der Waals surface area (Å²) in [5.74, 6) is 0.334. The van der Waals surface area contributed by atoms with Crippen LogP contribution < -0.4 is 10.6 Å². The Morgan fingerprint density at radius 1 is 1.42 bits per heavy atom. The summed E-state index contributed by atoms with van der Waals surface area (Å²) in [4.78, 5) is 23.3. The van der Waals surface area contributed by atoms with Crippen LogP contribution >= 0.6 is 15.9 Å². The van der Waals surface area contributed by atoms with Crippen LogP contribution in [0.3, 0.4) is 0 Å². The van der Waals surface area contributed by atoms with Gasteiger partial charge in [0.15, 0.2) is 0 Å². The highest BCUT2D eigenvalue weighted by Gasteiger charge is 2.38. The summed E-state index contributed by atoms with van der Waals surface area (Å²) in [5.41, 5.74) is 1.74. The fraction of sp³-hybridized carbons (Fsp3) is 0.429. The summed E-state index contributed by atoms with van der Waals surface area (Å²) in [5, 5.41) is 5.45. The van der Waals surface area contributed by atoms with Gasteiger partial charge >= 0.3 is 0 Å². The lowest BCUT2D eigenvalue weighted by atomic mass is 10.2. The van der Waals surface area contributed by atoms with Gasteiger partial charge in [-0.1, -0.05) is 22.9 Å². The molecule has 1 aliphatic carbocycles. The van der Waals surface area contributed by atoms with E-state index in [2.05, 4.69) is 26.6 Å². The molecule has 102 valence electrons. The minimum Gasteiger partial charge on any atom is -0.347 e. The van der Waals surface area contributed by atoms with Crippen molar-refractivity contribution in [1.29, 1.82) is 0 Å². The van der Waals surface area contributed by atoms with Crippen molar-refractivity contribution in [2.45, 2.75) is 20.3 Å². The Morgan fingerprint density at radius 2 is 2.11 bits per heavy atom. The topological polar surface area (TPSA) is 58.2 Å². The lowest BCUT2D eigenvalue weighted by Crippen LogP contribution is -2.34. The van der Waals surface area contributed by atoms with Gasteiger partial charge in [-0.3, -0.25) is 9.59 Å². The lowest BCUT2D eigenvalue weighted by Gasteiger charge is -2.09. The van der Waals surface area contributed by atoms with Gasteiger partial charge in [0.25, 0.3) is 0 Å². The molecule has 1 aromatic carbocycles. The highest BCUT2D eigenvalue weighted by Crippen LogP contribution is 2.37. The first-order valence-corrected chi connectivity index (χ1v) is 7.10. The molecule has 2 rings (SSSR count). The highest BCUT2D eigenvalue weighted by molar-refractivity contribution is 9.10. The molecule has 0 bridgehead atoms. The second-order valence-corrected chi connectivity index (χ2v) is 5.96. The Morgan fingerprint density at radius 3 is 2.68 bits per heavy atom. The molecule has 0 radical (unpaired) electrons. The van der Waals surface area contributed by atoms with Gasteiger partial charge in [0.05, 0.1) is 6.54 Å². The van der Waals surface area contributed by atoms with Crippen molar-refractivity contribution in [1.82, 2.24) is 5.32 Å². The molecule has 5 heteroatoms. The Kier molecular flexibility index (Phi) is 4.24. The summed E-state index contributed by atoms with van der Waals surface area (Å²) in [6.07, 6.45) is 0.930. The van der Waals surface area contributed by atoms with Crippen LogP contribution in [0.2, 0.25) is 0 Å². The summed E-state index contributed by atoms with van der Waals surface area (Å²) in [6.45, 7) is 3.98. The Labute approximate surface area is 121 Å². The second kappa shape index (κ2) is 5.74. The summed E-state index contributed by atoms with van der Waals surface area (Å²) >= 11 is 3.37. The number of nitrogens with one attached hydrogen (secondary N) is 2. The number of hydrogen-bond acceptors (Lipinski definition) is 2. The first-order chi connectivity index (χ1) is 8.97. The van der Waals surface area contributed by atoms with E-state index in [-0.39, 0.29) is 24.3 Å². The predicted molar refractivity (Wildman–Crippen MR) is 77.8 cm³/mol. The van der Waals surface area contributed by atoms with Crippen molar-refractivity contribution in [3.05, 3.63) is 28.2 Å². The van der Waals surface area contributed by atoms with Gasteiger partial charge in [0.2, 0.25) is 11.8 Å². The number of carbonyl (C=O) groups excluding carboxylic acids is 2. The van der Waals surface area contributed by atoms with Gasteiger partial charge in [-0.15, -0.1) is 0 Å². The maximum atomic E-state index is 11.7. The van der Waals surface area contributed by atoms with E-state index >= 15 is 0 Å². The zero-order valence-electron chi connectivity index (χ0n) is 11.0. The van der Waals surface area contributed by atoms with Crippen LogP contribution in [-0.2, 0) is 9.59 Å². The molecular weight excluding hydrogens is 308 g/mol. The number of anilines is 1.